The molecule has 0 aromatic heterocycles. The van der Waals surface area contributed by atoms with Crippen LogP contribution in [0.1, 0.15) is 13.8 Å². The molecule has 0 bridgehead atoms. The number of thioether (sulfide) groups is 1. The number of benzene rings is 3. The van der Waals surface area contributed by atoms with Crippen molar-refractivity contribution in [2.24, 2.45) is 0 Å². The normalized spacial score (nSPS) is 11.5. The van der Waals surface area contributed by atoms with Gasteiger partial charge >= 0.3 is 0 Å². The summed E-state index contributed by atoms with van der Waals surface area (Å²) in [6.45, 7) is 3.36. The highest BCUT2D eigenvalue weighted by Gasteiger charge is 2.16. The fourth-order valence-electron chi connectivity index (χ4n) is 2.77. The molecule has 1 unspecified atom stereocenters. The van der Waals surface area contributed by atoms with Gasteiger partial charge in [-0.15, -0.1) is 11.8 Å². The molecule has 28 heavy (non-hydrogen) atoms. The van der Waals surface area contributed by atoms with Crippen molar-refractivity contribution in [3.05, 3.63) is 78.9 Å². The van der Waals surface area contributed by atoms with Gasteiger partial charge in [-0.3, -0.25) is 9.59 Å². The highest BCUT2D eigenvalue weighted by Crippen LogP contribution is 2.30. The third-order valence-electron chi connectivity index (χ3n) is 4.13. The molecule has 142 valence electrons. The van der Waals surface area contributed by atoms with Crippen LogP contribution in [0, 0.1) is 0 Å². The molecule has 0 saturated carbocycles. The van der Waals surface area contributed by atoms with E-state index in [1.807, 2.05) is 85.8 Å². The number of carbonyl (C=O) groups is 2. The van der Waals surface area contributed by atoms with E-state index in [1.54, 1.807) is 0 Å². The van der Waals surface area contributed by atoms with E-state index in [-0.39, 0.29) is 17.1 Å². The molecule has 4 nitrogen and oxygen atoms in total. The van der Waals surface area contributed by atoms with Crippen LogP contribution in [0.25, 0.3) is 11.1 Å². The number of anilines is 2. The first-order valence-corrected chi connectivity index (χ1v) is 9.90. The molecular weight excluding hydrogens is 368 g/mol. The van der Waals surface area contributed by atoms with Gasteiger partial charge in [0.25, 0.3) is 0 Å². The van der Waals surface area contributed by atoms with Crippen LogP contribution in [0.5, 0.6) is 0 Å². The Morgan fingerprint density at radius 2 is 1.46 bits per heavy atom. The van der Waals surface area contributed by atoms with Crippen LogP contribution in [-0.4, -0.2) is 17.1 Å². The Morgan fingerprint density at radius 3 is 2.14 bits per heavy atom. The predicted octanol–water partition coefficient (Wildman–Crippen LogP) is 5.43. The number of rotatable bonds is 6. The molecule has 3 aromatic carbocycles. The third-order valence-corrected chi connectivity index (χ3v) is 5.24. The number of para-hydroxylation sites is 1. The van der Waals surface area contributed by atoms with Gasteiger partial charge in [0, 0.05) is 28.8 Å². The number of nitrogens with one attached hydrogen (secondary N) is 2. The Balaban J connectivity index is 1.67. The Hall–Kier alpha value is -3.05. The largest absolute Gasteiger partial charge is 0.326 e. The number of hydrogen-bond acceptors (Lipinski definition) is 3. The molecule has 3 aromatic rings. The first-order valence-electron chi connectivity index (χ1n) is 9.02. The molecule has 0 spiro atoms. The molecule has 5 heteroatoms. The number of hydrogen-bond donors (Lipinski definition) is 2. The molecule has 2 N–H and O–H groups in total. The maximum atomic E-state index is 12.7. The maximum absolute atomic E-state index is 12.7. The average Bonchev–Trinajstić information content (AvgIpc) is 2.70. The number of amides is 2. The molecule has 1 atom stereocenters. The Kier molecular flexibility index (Phi) is 6.50. The Labute approximate surface area is 169 Å². The van der Waals surface area contributed by atoms with Crippen LogP contribution in [0.15, 0.2) is 83.8 Å². The minimum absolute atomic E-state index is 0.0562. The third kappa shape index (κ3) is 5.24. The quantitative estimate of drug-likeness (QED) is 0.552. The van der Waals surface area contributed by atoms with Crippen LogP contribution < -0.4 is 10.6 Å². The van der Waals surface area contributed by atoms with Gasteiger partial charge in [-0.05, 0) is 42.8 Å². The second-order valence-electron chi connectivity index (χ2n) is 6.37. The van der Waals surface area contributed by atoms with E-state index >= 15 is 0 Å². The van der Waals surface area contributed by atoms with Crippen LogP contribution in [0.3, 0.4) is 0 Å². The van der Waals surface area contributed by atoms with E-state index in [2.05, 4.69) is 10.6 Å². The fraction of sp³-hybridized carbons (Fsp3) is 0.130. The van der Waals surface area contributed by atoms with Gasteiger partial charge in [0.1, 0.15) is 0 Å². The van der Waals surface area contributed by atoms with Crippen molar-refractivity contribution in [2.45, 2.75) is 24.0 Å². The van der Waals surface area contributed by atoms with Gasteiger partial charge in [-0.2, -0.15) is 0 Å². The summed E-state index contributed by atoms with van der Waals surface area (Å²) in [5, 5.41) is 5.52. The lowest BCUT2D eigenvalue weighted by Gasteiger charge is -2.15. The van der Waals surface area contributed by atoms with Crippen LogP contribution in [0.2, 0.25) is 0 Å². The predicted molar refractivity (Wildman–Crippen MR) is 117 cm³/mol. The SMILES string of the molecule is CC(=O)Nc1ccc(SC(C)C(=O)Nc2ccccc2-c2ccccc2)cc1. The molecular formula is C23H22N2O2S. The summed E-state index contributed by atoms with van der Waals surface area (Å²) in [4.78, 5) is 24.8. The molecule has 2 amide bonds. The highest BCUT2D eigenvalue weighted by molar-refractivity contribution is 8.00. The lowest BCUT2D eigenvalue weighted by molar-refractivity contribution is -0.115. The smallest absolute Gasteiger partial charge is 0.237 e. The summed E-state index contributed by atoms with van der Waals surface area (Å²) >= 11 is 1.48. The van der Waals surface area contributed by atoms with Crippen molar-refractivity contribution in [3.63, 3.8) is 0 Å². The summed E-state index contributed by atoms with van der Waals surface area (Å²) in [5.41, 5.74) is 3.60. The molecule has 0 fully saturated rings. The van der Waals surface area contributed by atoms with Crippen molar-refractivity contribution in [1.29, 1.82) is 0 Å². The first kappa shape index (κ1) is 19.7. The van der Waals surface area contributed by atoms with E-state index < -0.39 is 0 Å². The van der Waals surface area contributed by atoms with Gasteiger partial charge in [-0.25, -0.2) is 0 Å². The monoisotopic (exact) mass is 390 g/mol. The van der Waals surface area contributed by atoms with Gasteiger partial charge in [0.05, 0.1) is 5.25 Å². The molecule has 0 aliphatic rings. The molecule has 3 rings (SSSR count). The molecule has 0 radical (unpaired) electrons. The highest BCUT2D eigenvalue weighted by atomic mass is 32.2. The summed E-state index contributed by atoms with van der Waals surface area (Å²) in [6.07, 6.45) is 0. The second kappa shape index (κ2) is 9.24. The number of carbonyl (C=O) groups excluding carboxylic acids is 2. The summed E-state index contributed by atoms with van der Waals surface area (Å²) < 4.78 is 0. The summed E-state index contributed by atoms with van der Waals surface area (Å²) in [6, 6.07) is 25.3. The minimum atomic E-state index is -0.268. The van der Waals surface area contributed by atoms with Crippen molar-refractivity contribution in [1.82, 2.24) is 0 Å². The first-order chi connectivity index (χ1) is 13.5. The zero-order chi connectivity index (χ0) is 19.9. The van der Waals surface area contributed by atoms with Gasteiger partial charge < -0.3 is 10.6 Å². The van der Waals surface area contributed by atoms with Gasteiger partial charge in [0.2, 0.25) is 11.8 Å². The van der Waals surface area contributed by atoms with E-state index in [4.69, 9.17) is 0 Å². The van der Waals surface area contributed by atoms with Crippen LogP contribution in [0.4, 0.5) is 11.4 Å². The van der Waals surface area contributed by atoms with E-state index in [0.717, 1.165) is 27.4 Å². The average molecular weight is 391 g/mol. The summed E-state index contributed by atoms with van der Waals surface area (Å²) in [5.74, 6) is -0.162. The standard InChI is InChI=1S/C23H22N2O2S/c1-16(28-20-14-12-19(13-15-20)24-17(2)26)23(27)25-22-11-7-6-10-21(22)18-8-4-3-5-9-18/h3-16H,1-2H3,(H,24,26)(H,25,27). The van der Waals surface area contributed by atoms with Gasteiger partial charge in [-0.1, -0.05) is 48.5 Å². The minimum Gasteiger partial charge on any atom is -0.326 e. The van der Waals surface area contributed by atoms with Crippen molar-refractivity contribution in [2.75, 3.05) is 10.6 Å². The van der Waals surface area contributed by atoms with Crippen molar-refractivity contribution < 1.29 is 9.59 Å². The van der Waals surface area contributed by atoms with E-state index in [9.17, 15) is 9.59 Å². The molecule has 0 heterocycles. The van der Waals surface area contributed by atoms with Crippen molar-refractivity contribution >= 4 is 35.0 Å². The van der Waals surface area contributed by atoms with E-state index in [0.29, 0.717) is 0 Å². The van der Waals surface area contributed by atoms with Crippen LogP contribution in [-0.2, 0) is 9.59 Å². The Morgan fingerprint density at radius 1 is 0.821 bits per heavy atom. The maximum Gasteiger partial charge on any atom is 0.237 e. The van der Waals surface area contributed by atoms with Crippen molar-refractivity contribution in [3.8, 4) is 11.1 Å². The Bertz CT molecular complexity index is 956. The zero-order valence-electron chi connectivity index (χ0n) is 15.8. The fourth-order valence-corrected chi connectivity index (χ4v) is 3.64. The van der Waals surface area contributed by atoms with Gasteiger partial charge in [0.15, 0.2) is 0 Å². The molecule has 0 saturated heterocycles. The lowest BCUT2D eigenvalue weighted by atomic mass is 10.0. The topological polar surface area (TPSA) is 58.2 Å². The van der Waals surface area contributed by atoms with E-state index in [1.165, 1.54) is 18.7 Å². The summed E-state index contributed by atoms with van der Waals surface area (Å²) in [7, 11) is 0. The zero-order valence-corrected chi connectivity index (χ0v) is 16.6. The second-order valence-corrected chi connectivity index (χ2v) is 7.78. The lowest BCUT2D eigenvalue weighted by Crippen LogP contribution is -2.22. The molecule has 0 aliphatic carbocycles. The van der Waals surface area contributed by atoms with Crippen LogP contribution >= 0.6 is 11.8 Å². The molecule has 0 aliphatic heterocycles.